The smallest absolute Gasteiger partial charge is 0.308 e. The van der Waals surface area contributed by atoms with Crippen molar-refractivity contribution < 1.29 is 19.7 Å². The number of hydrogen-bond acceptors (Lipinski definition) is 4. The number of carbonyl (C=O) groups excluding carboxylic acids is 1. The summed E-state index contributed by atoms with van der Waals surface area (Å²) in [4.78, 5) is 11.0. The van der Waals surface area contributed by atoms with E-state index in [0.717, 1.165) is 19.3 Å². The minimum absolute atomic E-state index is 0.0153. The molecule has 4 nitrogen and oxygen atoms in total. The second-order valence-electron chi connectivity index (χ2n) is 3.65. The highest BCUT2D eigenvalue weighted by atomic mass is 16.5. The first-order valence-electron chi connectivity index (χ1n) is 5.65. The molecule has 4 heteroatoms. The number of carbonyl (C=O) groups is 1. The van der Waals surface area contributed by atoms with Crippen LogP contribution in [0.4, 0.5) is 0 Å². The Morgan fingerprint density at radius 1 is 1.33 bits per heavy atom. The molecule has 0 saturated heterocycles. The Morgan fingerprint density at radius 2 is 2.07 bits per heavy atom. The molecule has 0 amide bonds. The van der Waals surface area contributed by atoms with E-state index in [-0.39, 0.29) is 19.6 Å². The molecule has 0 rings (SSSR count). The first-order valence-corrected chi connectivity index (χ1v) is 5.65. The van der Waals surface area contributed by atoms with Gasteiger partial charge in [0, 0.05) is 0 Å². The Hall–Kier alpha value is -0.610. The van der Waals surface area contributed by atoms with Crippen molar-refractivity contribution in [2.45, 2.75) is 51.6 Å². The number of unbranched alkanes of at least 4 members (excludes halogenated alkanes) is 3. The average Bonchev–Trinajstić information content (AvgIpc) is 2.21. The Bertz CT molecular complexity index is 159. The van der Waals surface area contributed by atoms with Crippen molar-refractivity contribution in [3.8, 4) is 0 Å². The van der Waals surface area contributed by atoms with Gasteiger partial charge in [-0.3, -0.25) is 4.79 Å². The Morgan fingerprint density at radius 3 is 2.67 bits per heavy atom. The Labute approximate surface area is 91.3 Å². The predicted octanol–water partition coefficient (Wildman–Crippen LogP) is 1.24. The van der Waals surface area contributed by atoms with Crippen LogP contribution in [-0.4, -0.2) is 35.5 Å². The third kappa shape index (κ3) is 9.69. The van der Waals surface area contributed by atoms with Crippen LogP contribution in [0, 0.1) is 0 Å². The van der Waals surface area contributed by atoms with Gasteiger partial charge in [0.15, 0.2) is 0 Å². The minimum Gasteiger partial charge on any atom is -0.463 e. The van der Waals surface area contributed by atoms with Crippen LogP contribution in [0.2, 0.25) is 0 Å². The molecule has 0 saturated carbocycles. The zero-order valence-electron chi connectivity index (χ0n) is 9.45. The van der Waals surface area contributed by atoms with E-state index in [4.69, 9.17) is 5.11 Å². The van der Waals surface area contributed by atoms with Crippen LogP contribution in [-0.2, 0) is 9.53 Å². The molecule has 0 aliphatic carbocycles. The van der Waals surface area contributed by atoms with Gasteiger partial charge in [-0.15, -0.1) is 0 Å². The minimum atomic E-state index is -0.604. The van der Waals surface area contributed by atoms with Gasteiger partial charge in [-0.2, -0.15) is 0 Å². The molecule has 0 radical (unpaired) electrons. The fourth-order valence-corrected chi connectivity index (χ4v) is 1.32. The second-order valence-corrected chi connectivity index (χ2v) is 3.65. The largest absolute Gasteiger partial charge is 0.463 e. The number of aliphatic hydroxyl groups is 2. The molecule has 90 valence electrons. The highest BCUT2D eigenvalue weighted by Gasteiger charge is 2.11. The van der Waals surface area contributed by atoms with E-state index in [1.165, 1.54) is 6.42 Å². The number of aliphatic hydroxyl groups excluding tert-OH is 2. The van der Waals surface area contributed by atoms with Crippen molar-refractivity contribution in [1.82, 2.24) is 0 Å². The molecule has 0 aromatic heterocycles. The van der Waals surface area contributed by atoms with Crippen LogP contribution < -0.4 is 0 Å². The highest BCUT2D eigenvalue weighted by molar-refractivity contribution is 5.69. The number of esters is 1. The fraction of sp³-hybridized carbons (Fsp3) is 0.909. The summed E-state index contributed by atoms with van der Waals surface area (Å²) < 4.78 is 4.64. The van der Waals surface area contributed by atoms with Crippen LogP contribution in [0.3, 0.4) is 0 Å². The van der Waals surface area contributed by atoms with Crippen LogP contribution in [0.5, 0.6) is 0 Å². The lowest BCUT2D eigenvalue weighted by atomic mass is 10.1. The first kappa shape index (κ1) is 14.4. The maximum atomic E-state index is 11.0. The third-order valence-electron chi connectivity index (χ3n) is 2.15. The molecule has 0 bridgehead atoms. The van der Waals surface area contributed by atoms with Gasteiger partial charge in [-0.05, 0) is 6.42 Å². The summed E-state index contributed by atoms with van der Waals surface area (Å²) in [5.41, 5.74) is 0. The third-order valence-corrected chi connectivity index (χ3v) is 2.15. The molecule has 1 atom stereocenters. The summed E-state index contributed by atoms with van der Waals surface area (Å²) in [6.45, 7) is 1.97. The zero-order valence-corrected chi connectivity index (χ0v) is 9.45. The summed E-state index contributed by atoms with van der Waals surface area (Å²) in [6, 6.07) is 0. The van der Waals surface area contributed by atoms with Gasteiger partial charge in [-0.1, -0.05) is 32.6 Å². The SMILES string of the molecule is CCCCCCC(O)CC(=O)OCCO. The molecular formula is C11H22O4. The lowest BCUT2D eigenvalue weighted by molar-refractivity contribution is -0.146. The molecule has 0 aliphatic heterocycles. The summed E-state index contributed by atoms with van der Waals surface area (Å²) in [7, 11) is 0. The van der Waals surface area contributed by atoms with Crippen LogP contribution >= 0.6 is 0 Å². The molecule has 2 N–H and O–H groups in total. The molecule has 1 unspecified atom stereocenters. The van der Waals surface area contributed by atoms with E-state index in [1.54, 1.807) is 0 Å². The van der Waals surface area contributed by atoms with E-state index in [0.29, 0.717) is 6.42 Å². The van der Waals surface area contributed by atoms with E-state index in [2.05, 4.69) is 11.7 Å². The number of ether oxygens (including phenoxy) is 1. The van der Waals surface area contributed by atoms with Gasteiger partial charge in [0.25, 0.3) is 0 Å². The topological polar surface area (TPSA) is 66.8 Å². The maximum Gasteiger partial charge on any atom is 0.308 e. The van der Waals surface area contributed by atoms with Gasteiger partial charge in [0.2, 0.25) is 0 Å². The lowest BCUT2D eigenvalue weighted by Crippen LogP contribution is -2.17. The van der Waals surface area contributed by atoms with Crippen LogP contribution in [0.1, 0.15) is 45.4 Å². The Balaban J connectivity index is 3.38. The average molecular weight is 218 g/mol. The number of hydrogen-bond donors (Lipinski definition) is 2. The summed E-state index contributed by atoms with van der Waals surface area (Å²) in [6.07, 6.45) is 4.45. The van der Waals surface area contributed by atoms with Crippen molar-refractivity contribution >= 4 is 5.97 Å². The van der Waals surface area contributed by atoms with Gasteiger partial charge < -0.3 is 14.9 Å². The highest BCUT2D eigenvalue weighted by Crippen LogP contribution is 2.08. The van der Waals surface area contributed by atoms with Crippen molar-refractivity contribution in [3.63, 3.8) is 0 Å². The predicted molar refractivity (Wildman–Crippen MR) is 57.4 cm³/mol. The monoisotopic (exact) mass is 218 g/mol. The standard InChI is InChI=1S/C11H22O4/c1-2-3-4-5-6-10(13)9-11(14)15-8-7-12/h10,12-13H,2-9H2,1H3. The van der Waals surface area contributed by atoms with Crippen molar-refractivity contribution in [2.75, 3.05) is 13.2 Å². The Kier molecular flexibility index (Phi) is 9.52. The van der Waals surface area contributed by atoms with Crippen LogP contribution in [0.15, 0.2) is 0 Å². The van der Waals surface area contributed by atoms with E-state index in [9.17, 15) is 9.90 Å². The van der Waals surface area contributed by atoms with Gasteiger partial charge in [-0.25, -0.2) is 0 Å². The van der Waals surface area contributed by atoms with Gasteiger partial charge >= 0.3 is 5.97 Å². The maximum absolute atomic E-state index is 11.0. The van der Waals surface area contributed by atoms with Crippen LogP contribution in [0.25, 0.3) is 0 Å². The molecule has 15 heavy (non-hydrogen) atoms. The molecule has 0 aliphatic rings. The zero-order chi connectivity index (χ0) is 11.5. The molecule has 0 heterocycles. The molecule has 0 aromatic carbocycles. The first-order chi connectivity index (χ1) is 7.20. The van der Waals surface area contributed by atoms with Gasteiger partial charge in [0.1, 0.15) is 6.61 Å². The van der Waals surface area contributed by atoms with Crippen molar-refractivity contribution in [1.29, 1.82) is 0 Å². The summed E-state index contributed by atoms with van der Waals surface area (Å²) in [5.74, 6) is -0.438. The number of rotatable bonds is 9. The second kappa shape index (κ2) is 9.93. The van der Waals surface area contributed by atoms with Gasteiger partial charge in [0.05, 0.1) is 19.1 Å². The van der Waals surface area contributed by atoms with E-state index < -0.39 is 12.1 Å². The quantitative estimate of drug-likeness (QED) is 0.451. The normalized spacial score (nSPS) is 12.5. The molecule has 0 spiro atoms. The molecule has 0 fully saturated rings. The molecule has 0 aromatic rings. The van der Waals surface area contributed by atoms with Crippen molar-refractivity contribution in [3.05, 3.63) is 0 Å². The molecular weight excluding hydrogens is 196 g/mol. The van der Waals surface area contributed by atoms with Crippen molar-refractivity contribution in [2.24, 2.45) is 0 Å². The lowest BCUT2D eigenvalue weighted by Gasteiger charge is -2.09. The van der Waals surface area contributed by atoms with E-state index in [1.807, 2.05) is 0 Å². The van der Waals surface area contributed by atoms with E-state index >= 15 is 0 Å². The fourth-order valence-electron chi connectivity index (χ4n) is 1.32. The summed E-state index contributed by atoms with van der Waals surface area (Å²) in [5, 5.41) is 17.9. The summed E-state index contributed by atoms with van der Waals surface area (Å²) >= 11 is 0.